The lowest BCUT2D eigenvalue weighted by Gasteiger charge is -2.42. The maximum absolute atomic E-state index is 14.4. The quantitative estimate of drug-likeness (QED) is 0.923. The highest BCUT2D eigenvalue weighted by Gasteiger charge is 2.57. The molecule has 2 aliphatic heterocycles. The smallest absolute Gasteiger partial charge is 0.261 e. The normalized spacial score (nSPS) is 26.5. The molecule has 4 heterocycles. The van der Waals surface area contributed by atoms with Gasteiger partial charge in [0.15, 0.2) is 0 Å². The van der Waals surface area contributed by atoms with Crippen molar-refractivity contribution < 1.29 is 13.6 Å². The van der Waals surface area contributed by atoms with E-state index in [4.69, 9.17) is 0 Å². The van der Waals surface area contributed by atoms with Gasteiger partial charge < -0.3 is 4.90 Å². The van der Waals surface area contributed by atoms with Crippen LogP contribution in [0.2, 0.25) is 0 Å². The maximum atomic E-state index is 14.4. The van der Waals surface area contributed by atoms with Crippen LogP contribution in [-0.4, -0.2) is 51.5 Å². The number of hydrogen-bond donors (Lipinski definition) is 1. The molecule has 0 aliphatic carbocycles. The third-order valence-corrected chi connectivity index (χ3v) is 5.01. The van der Waals surface area contributed by atoms with Gasteiger partial charge in [-0.1, -0.05) is 0 Å². The maximum Gasteiger partial charge on any atom is 0.261 e. The van der Waals surface area contributed by atoms with Crippen molar-refractivity contribution in [3.8, 4) is 0 Å². The van der Waals surface area contributed by atoms with Crippen molar-refractivity contribution in [2.45, 2.75) is 25.3 Å². The molecule has 2 aromatic rings. The third-order valence-electron chi connectivity index (χ3n) is 5.01. The molecule has 2 saturated heterocycles. The van der Waals surface area contributed by atoms with Gasteiger partial charge in [0.25, 0.3) is 5.92 Å². The number of nitrogens with zero attached hydrogens (tertiary/aromatic N) is 4. The van der Waals surface area contributed by atoms with Crippen LogP contribution in [0, 0.1) is 5.41 Å². The lowest BCUT2D eigenvalue weighted by Crippen LogP contribution is -2.55. The fraction of sp³-hybridized carbons (Fsp3) is 0.471. The third kappa shape index (κ3) is 3.02. The number of piperidine rings is 1. The highest BCUT2D eigenvalue weighted by Crippen LogP contribution is 2.46. The van der Waals surface area contributed by atoms with Crippen LogP contribution in [0.5, 0.6) is 0 Å². The van der Waals surface area contributed by atoms with E-state index < -0.39 is 17.8 Å². The van der Waals surface area contributed by atoms with Gasteiger partial charge in [-0.15, -0.1) is 0 Å². The summed E-state index contributed by atoms with van der Waals surface area (Å²) in [6.45, 7) is 0.803. The number of rotatable bonds is 3. The Morgan fingerprint density at radius 1 is 1.28 bits per heavy atom. The summed E-state index contributed by atoms with van der Waals surface area (Å²) in [4.78, 5) is 20.3. The van der Waals surface area contributed by atoms with Gasteiger partial charge in [0.2, 0.25) is 5.91 Å². The van der Waals surface area contributed by atoms with E-state index in [0.29, 0.717) is 31.7 Å². The van der Waals surface area contributed by atoms with Crippen molar-refractivity contribution in [2.24, 2.45) is 5.41 Å². The minimum atomic E-state index is -2.89. The highest BCUT2D eigenvalue weighted by molar-refractivity contribution is 6.00. The van der Waals surface area contributed by atoms with Crippen molar-refractivity contribution in [1.82, 2.24) is 20.1 Å². The first-order valence-corrected chi connectivity index (χ1v) is 8.27. The van der Waals surface area contributed by atoms with Crippen LogP contribution < -0.4 is 4.90 Å². The fourth-order valence-corrected chi connectivity index (χ4v) is 4.04. The zero-order chi connectivity index (χ0) is 17.5. The lowest BCUT2D eigenvalue weighted by molar-refractivity contribution is -0.147. The number of likely N-dealkylation sites (tertiary alicyclic amines) is 1. The van der Waals surface area contributed by atoms with Crippen LogP contribution in [0.4, 0.5) is 14.5 Å². The summed E-state index contributed by atoms with van der Waals surface area (Å²) in [7, 11) is 0. The summed E-state index contributed by atoms with van der Waals surface area (Å²) in [5, 5.41) is 6.55. The number of aromatic nitrogens is 3. The van der Waals surface area contributed by atoms with Gasteiger partial charge in [-0.3, -0.25) is 19.8 Å². The molecule has 2 aromatic heterocycles. The van der Waals surface area contributed by atoms with Gasteiger partial charge in [0.1, 0.15) is 0 Å². The number of H-pyrrole nitrogens is 1. The number of aromatic amines is 1. The van der Waals surface area contributed by atoms with E-state index in [1.165, 1.54) is 0 Å². The Morgan fingerprint density at radius 2 is 2.16 bits per heavy atom. The standard InChI is InChI=1S/C17H19F2N5O/c18-17(19)10-16(11-23(12-17)9-13-6-21-22-7-13)3-5-24(15(16)25)14-2-1-4-20-8-14/h1-2,4,6-8H,3,5,9-12H2,(H,21,22). The second-order valence-electron chi connectivity index (χ2n) is 6.98. The Balaban J connectivity index is 1.58. The molecule has 0 radical (unpaired) electrons. The Morgan fingerprint density at radius 3 is 2.88 bits per heavy atom. The molecular formula is C17H19F2N5O. The summed E-state index contributed by atoms with van der Waals surface area (Å²) in [6, 6.07) is 3.53. The predicted octanol–water partition coefficient (Wildman–Crippen LogP) is 2.07. The molecule has 8 heteroatoms. The molecule has 0 bridgehead atoms. The van der Waals surface area contributed by atoms with E-state index in [9.17, 15) is 13.6 Å². The number of halogens is 2. The Kier molecular flexibility index (Phi) is 3.79. The van der Waals surface area contributed by atoms with Gasteiger partial charge in [0, 0.05) is 44.0 Å². The first-order valence-electron chi connectivity index (χ1n) is 8.27. The molecule has 4 rings (SSSR count). The van der Waals surface area contributed by atoms with Crippen LogP contribution in [0.25, 0.3) is 0 Å². The first kappa shape index (κ1) is 16.1. The fourth-order valence-electron chi connectivity index (χ4n) is 4.04. The largest absolute Gasteiger partial charge is 0.310 e. The Labute approximate surface area is 143 Å². The van der Waals surface area contributed by atoms with Crippen LogP contribution in [0.1, 0.15) is 18.4 Å². The monoisotopic (exact) mass is 347 g/mol. The lowest BCUT2D eigenvalue weighted by atomic mass is 9.77. The summed E-state index contributed by atoms with van der Waals surface area (Å²) in [6.07, 6.45) is 6.58. The predicted molar refractivity (Wildman–Crippen MR) is 87.1 cm³/mol. The summed E-state index contributed by atoms with van der Waals surface area (Å²) in [5.41, 5.74) is 0.462. The van der Waals surface area contributed by atoms with E-state index in [0.717, 1.165) is 5.56 Å². The summed E-state index contributed by atoms with van der Waals surface area (Å²) in [5.74, 6) is -3.11. The number of hydrogen-bond acceptors (Lipinski definition) is 4. The van der Waals surface area contributed by atoms with E-state index in [-0.39, 0.29) is 12.5 Å². The number of nitrogens with one attached hydrogen (secondary N) is 1. The van der Waals surface area contributed by atoms with Gasteiger partial charge in [-0.2, -0.15) is 5.10 Å². The highest BCUT2D eigenvalue weighted by atomic mass is 19.3. The van der Waals surface area contributed by atoms with Crippen molar-refractivity contribution >= 4 is 11.6 Å². The van der Waals surface area contributed by atoms with E-state index in [2.05, 4.69) is 15.2 Å². The first-order chi connectivity index (χ1) is 12.0. The van der Waals surface area contributed by atoms with Crippen LogP contribution >= 0.6 is 0 Å². The molecule has 2 fully saturated rings. The number of pyridine rings is 1. The van der Waals surface area contributed by atoms with Gasteiger partial charge in [-0.25, -0.2) is 8.78 Å². The van der Waals surface area contributed by atoms with Crippen molar-refractivity contribution in [3.05, 3.63) is 42.5 Å². The average molecular weight is 347 g/mol. The molecule has 1 unspecified atom stereocenters. The minimum absolute atomic E-state index is 0.225. The zero-order valence-electron chi connectivity index (χ0n) is 13.7. The molecule has 6 nitrogen and oxygen atoms in total. The van der Waals surface area contributed by atoms with Crippen molar-refractivity contribution in [2.75, 3.05) is 24.5 Å². The Hall–Kier alpha value is -2.35. The molecule has 1 amide bonds. The van der Waals surface area contributed by atoms with E-state index >= 15 is 0 Å². The number of anilines is 1. The molecule has 132 valence electrons. The van der Waals surface area contributed by atoms with E-state index in [1.807, 2.05) is 0 Å². The van der Waals surface area contributed by atoms with Gasteiger partial charge in [0.05, 0.1) is 30.0 Å². The van der Waals surface area contributed by atoms with E-state index in [1.54, 1.807) is 46.7 Å². The second kappa shape index (κ2) is 5.87. The van der Waals surface area contributed by atoms with Crippen molar-refractivity contribution in [1.29, 1.82) is 0 Å². The number of alkyl halides is 2. The van der Waals surface area contributed by atoms with Crippen LogP contribution in [0.15, 0.2) is 36.9 Å². The molecule has 1 atom stereocenters. The summed E-state index contributed by atoms with van der Waals surface area (Å²) >= 11 is 0. The topological polar surface area (TPSA) is 65.1 Å². The number of carbonyl (C=O) groups excluding carboxylic acids is 1. The minimum Gasteiger partial charge on any atom is -0.310 e. The molecule has 0 saturated carbocycles. The second-order valence-corrected chi connectivity index (χ2v) is 6.98. The number of amides is 1. The molecule has 2 aliphatic rings. The molecule has 0 aromatic carbocycles. The zero-order valence-corrected chi connectivity index (χ0v) is 13.7. The van der Waals surface area contributed by atoms with Gasteiger partial charge in [-0.05, 0) is 18.6 Å². The van der Waals surface area contributed by atoms with Crippen LogP contribution in [0.3, 0.4) is 0 Å². The molecule has 25 heavy (non-hydrogen) atoms. The Bertz CT molecular complexity index is 752. The van der Waals surface area contributed by atoms with Crippen LogP contribution in [-0.2, 0) is 11.3 Å². The molecular weight excluding hydrogens is 328 g/mol. The number of carbonyl (C=O) groups is 1. The molecule has 1 spiro atoms. The average Bonchev–Trinajstić information content (AvgIpc) is 3.16. The SMILES string of the molecule is O=C1N(c2cccnc2)CCC12CN(Cc1cn[nH]c1)CC(F)(F)C2. The summed E-state index contributed by atoms with van der Waals surface area (Å²) < 4.78 is 28.9. The van der Waals surface area contributed by atoms with Gasteiger partial charge >= 0.3 is 0 Å². The molecule has 1 N–H and O–H groups in total. The van der Waals surface area contributed by atoms with Crippen molar-refractivity contribution in [3.63, 3.8) is 0 Å².